The van der Waals surface area contributed by atoms with Gasteiger partial charge in [0.1, 0.15) is 16.9 Å². The Hall–Kier alpha value is -5.18. The zero-order valence-electron chi connectivity index (χ0n) is 24.2. The summed E-state index contributed by atoms with van der Waals surface area (Å²) in [4.78, 5) is 34.9. The quantitative estimate of drug-likeness (QED) is 0.175. The van der Waals surface area contributed by atoms with Crippen LogP contribution in [0.5, 0.6) is 5.75 Å². The van der Waals surface area contributed by atoms with Crippen molar-refractivity contribution in [2.45, 2.75) is 25.9 Å². The molecular formula is C33H33N5O4. The number of carbonyl (C=O) groups excluding carboxylic acids is 2. The highest BCUT2D eigenvalue weighted by atomic mass is 16.5. The molecule has 1 atom stereocenters. The number of hydrogen-bond acceptors (Lipinski definition) is 6. The molecule has 9 nitrogen and oxygen atoms in total. The minimum absolute atomic E-state index is 0.0901. The number of esters is 1. The molecule has 42 heavy (non-hydrogen) atoms. The van der Waals surface area contributed by atoms with Crippen LogP contribution in [0.25, 0.3) is 39.7 Å². The maximum Gasteiger partial charge on any atom is 0.338 e. The average molecular weight is 564 g/mol. The lowest BCUT2D eigenvalue weighted by atomic mass is 10.1. The van der Waals surface area contributed by atoms with E-state index in [1.54, 1.807) is 31.4 Å². The van der Waals surface area contributed by atoms with Crippen molar-refractivity contribution in [1.29, 1.82) is 0 Å². The molecule has 3 aromatic heterocycles. The van der Waals surface area contributed by atoms with Gasteiger partial charge in [-0.25, -0.2) is 14.8 Å². The fraction of sp³-hybridized carbons (Fsp3) is 0.212. The van der Waals surface area contributed by atoms with Crippen LogP contribution in [0.1, 0.15) is 40.1 Å². The van der Waals surface area contributed by atoms with Crippen LogP contribution in [0.2, 0.25) is 0 Å². The van der Waals surface area contributed by atoms with Gasteiger partial charge in [-0.3, -0.25) is 4.79 Å². The minimum Gasteiger partial charge on any atom is -0.494 e. The van der Waals surface area contributed by atoms with E-state index in [9.17, 15) is 9.59 Å². The van der Waals surface area contributed by atoms with Gasteiger partial charge in [0.2, 0.25) is 5.91 Å². The molecule has 0 saturated carbocycles. The first kappa shape index (κ1) is 28.4. The molecule has 214 valence electrons. The number of hydrogen-bond donors (Lipinski definition) is 1. The normalized spacial score (nSPS) is 11.8. The lowest BCUT2D eigenvalue weighted by Gasteiger charge is -2.15. The Morgan fingerprint density at radius 1 is 1.07 bits per heavy atom. The van der Waals surface area contributed by atoms with Crippen molar-refractivity contribution in [2.24, 2.45) is 7.05 Å². The summed E-state index contributed by atoms with van der Waals surface area (Å²) in [5, 5.41) is 3.99. The maximum absolute atomic E-state index is 12.8. The van der Waals surface area contributed by atoms with E-state index in [1.165, 1.54) is 7.11 Å². The Kier molecular flexibility index (Phi) is 7.93. The van der Waals surface area contributed by atoms with Crippen molar-refractivity contribution in [3.05, 3.63) is 96.2 Å². The number of aryl methyl sites for hydroxylation is 1. The highest BCUT2D eigenvalue weighted by Crippen LogP contribution is 2.34. The molecule has 1 N–H and O–H groups in total. The number of pyridine rings is 1. The second-order valence-electron chi connectivity index (χ2n) is 10.0. The molecule has 0 aliphatic heterocycles. The van der Waals surface area contributed by atoms with E-state index in [2.05, 4.69) is 18.5 Å². The SMILES string of the molecule is C=CCn1c(-c2nc3cc(C(=O)OC)cc(OC)c3n2C)cc2ccc([C@@H](C)NC(=O)Cc3cccc(C=C)c3)nc21. The average Bonchev–Trinajstić information content (AvgIpc) is 3.52. The van der Waals surface area contributed by atoms with E-state index in [0.717, 1.165) is 39.1 Å². The maximum atomic E-state index is 12.8. The van der Waals surface area contributed by atoms with Gasteiger partial charge in [-0.15, -0.1) is 6.58 Å². The van der Waals surface area contributed by atoms with Crippen LogP contribution in [0, 0.1) is 0 Å². The van der Waals surface area contributed by atoms with E-state index in [1.807, 2.05) is 65.6 Å². The molecule has 5 rings (SSSR count). The summed E-state index contributed by atoms with van der Waals surface area (Å²) in [6.45, 7) is 10.2. The standard InChI is InChI=1S/C33H33N5O4/c1-7-14-38-27(32-36-26-17-24(33(40)42-6)19-28(41-5)30(26)37(32)4)18-23-12-13-25(35-31(23)38)20(3)34-29(39)16-22-11-9-10-21(8-2)15-22/h7-13,15,17-20H,1-2,14,16H2,3-6H3,(H,34,39)/t20-/m1/s1. The Bertz CT molecular complexity index is 1850. The molecule has 0 spiro atoms. The largest absolute Gasteiger partial charge is 0.494 e. The minimum atomic E-state index is -0.466. The van der Waals surface area contributed by atoms with Gasteiger partial charge in [0, 0.05) is 19.0 Å². The molecule has 0 radical (unpaired) electrons. The van der Waals surface area contributed by atoms with Gasteiger partial charge in [0.15, 0.2) is 5.82 Å². The van der Waals surface area contributed by atoms with Gasteiger partial charge >= 0.3 is 5.97 Å². The lowest BCUT2D eigenvalue weighted by molar-refractivity contribution is -0.121. The third-order valence-corrected chi connectivity index (χ3v) is 7.25. The van der Waals surface area contributed by atoms with Crippen LogP contribution in [0.4, 0.5) is 0 Å². The number of carbonyl (C=O) groups is 2. The van der Waals surface area contributed by atoms with Crippen LogP contribution in [-0.4, -0.2) is 45.2 Å². The molecule has 9 heteroatoms. The molecule has 3 heterocycles. The Morgan fingerprint density at radius 2 is 1.88 bits per heavy atom. The van der Waals surface area contributed by atoms with E-state index >= 15 is 0 Å². The topological polar surface area (TPSA) is 100 Å². The monoisotopic (exact) mass is 563 g/mol. The molecular weight excluding hydrogens is 530 g/mol. The van der Waals surface area contributed by atoms with E-state index in [-0.39, 0.29) is 18.4 Å². The highest BCUT2D eigenvalue weighted by Gasteiger charge is 2.22. The first-order valence-corrected chi connectivity index (χ1v) is 13.5. The van der Waals surface area contributed by atoms with Crippen molar-refractivity contribution in [2.75, 3.05) is 14.2 Å². The Labute approximate surface area is 244 Å². The van der Waals surface area contributed by atoms with E-state index in [4.69, 9.17) is 19.4 Å². The van der Waals surface area contributed by atoms with Crippen LogP contribution in [-0.2, 0) is 29.5 Å². The van der Waals surface area contributed by atoms with Crippen molar-refractivity contribution in [3.8, 4) is 17.3 Å². The van der Waals surface area contributed by atoms with Crippen molar-refractivity contribution < 1.29 is 19.1 Å². The van der Waals surface area contributed by atoms with Crippen LogP contribution < -0.4 is 10.1 Å². The number of nitrogens with one attached hydrogen (secondary N) is 1. The third kappa shape index (κ3) is 5.28. The first-order chi connectivity index (χ1) is 20.3. The van der Waals surface area contributed by atoms with Gasteiger partial charge in [-0.2, -0.15) is 0 Å². The smallest absolute Gasteiger partial charge is 0.338 e. The number of ether oxygens (including phenoxy) is 2. The number of fused-ring (bicyclic) bond motifs is 2. The van der Waals surface area contributed by atoms with Crippen molar-refractivity contribution in [1.82, 2.24) is 24.4 Å². The van der Waals surface area contributed by atoms with E-state index < -0.39 is 5.97 Å². The number of nitrogens with zero attached hydrogens (tertiary/aromatic N) is 4. The zero-order chi connectivity index (χ0) is 30.0. The molecule has 0 aliphatic rings. The summed E-state index contributed by atoms with van der Waals surface area (Å²) in [7, 11) is 4.80. The number of methoxy groups -OCH3 is 2. The van der Waals surface area contributed by atoms with Gasteiger partial charge in [-0.1, -0.05) is 43.0 Å². The molecule has 0 saturated heterocycles. The lowest BCUT2D eigenvalue weighted by Crippen LogP contribution is -2.28. The number of imidazole rings is 1. The fourth-order valence-electron chi connectivity index (χ4n) is 5.20. The number of rotatable bonds is 10. The number of aromatic nitrogens is 4. The number of benzene rings is 2. The predicted octanol–water partition coefficient (Wildman–Crippen LogP) is 5.63. The van der Waals surface area contributed by atoms with Gasteiger partial charge in [-0.05, 0) is 48.4 Å². The van der Waals surface area contributed by atoms with E-state index in [0.29, 0.717) is 29.2 Å². The second-order valence-corrected chi connectivity index (χ2v) is 10.0. The number of amides is 1. The van der Waals surface area contributed by atoms with Gasteiger partial charge in [0.05, 0.1) is 49.2 Å². The van der Waals surface area contributed by atoms with Crippen LogP contribution in [0.3, 0.4) is 0 Å². The molecule has 0 unspecified atom stereocenters. The molecule has 0 fully saturated rings. The first-order valence-electron chi connectivity index (χ1n) is 13.5. The summed E-state index contributed by atoms with van der Waals surface area (Å²) < 4.78 is 14.5. The summed E-state index contributed by atoms with van der Waals surface area (Å²) in [5.41, 5.74) is 5.91. The summed E-state index contributed by atoms with van der Waals surface area (Å²) in [6, 6.07) is 16.7. The molecule has 1 amide bonds. The molecule has 0 bridgehead atoms. The fourth-order valence-corrected chi connectivity index (χ4v) is 5.20. The van der Waals surface area contributed by atoms with Crippen LogP contribution in [0.15, 0.2) is 73.8 Å². The molecule has 5 aromatic rings. The number of allylic oxidation sites excluding steroid dienone is 1. The predicted molar refractivity (Wildman–Crippen MR) is 164 cm³/mol. The summed E-state index contributed by atoms with van der Waals surface area (Å²) in [5.74, 6) is 0.635. The van der Waals surface area contributed by atoms with Crippen molar-refractivity contribution >= 4 is 40.0 Å². The Morgan fingerprint density at radius 3 is 2.60 bits per heavy atom. The van der Waals surface area contributed by atoms with Crippen LogP contribution >= 0.6 is 0 Å². The Balaban J connectivity index is 1.51. The zero-order valence-corrected chi connectivity index (χ0v) is 24.2. The second kappa shape index (κ2) is 11.7. The van der Waals surface area contributed by atoms with Crippen molar-refractivity contribution in [3.63, 3.8) is 0 Å². The molecule has 2 aromatic carbocycles. The van der Waals surface area contributed by atoms with Gasteiger partial charge < -0.3 is 23.9 Å². The summed E-state index contributed by atoms with van der Waals surface area (Å²) in [6.07, 6.45) is 3.83. The van der Waals surface area contributed by atoms with Gasteiger partial charge in [0.25, 0.3) is 0 Å². The highest BCUT2D eigenvalue weighted by molar-refractivity contribution is 5.97. The molecule has 0 aliphatic carbocycles. The summed E-state index contributed by atoms with van der Waals surface area (Å²) >= 11 is 0. The third-order valence-electron chi connectivity index (χ3n) is 7.25.